The van der Waals surface area contributed by atoms with E-state index < -0.39 is 0 Å². The standard InChI is InChI=1S/C23H30N4O2/c1-5-17-7-6-8-19-18(15-26-22(17)19)11-12-25-23(24-2)27-14-16-9-10-20(28-3)21(13-16)29-4/h6-10,13,15,26H,5,11-12,14H2,1-4H3,(H2,24,25,27). The maximum Gasteiger partial charge on any atom is 0.191 e. The van der Waals surface area contributed by atoms with E-state index >= 15 is 0 Å². The second-order valence-electron chi connectivity index (χ2n) is 6.80. The molecular formula is C23H30N4O2. The molecule has 0 saturated carbocycles. The van der Waals surface area contributed by atoms with E-state index in [2.05, 4.69) is 51.9 Å². The van der Waals surface area contributed by atoms with Gasteiger partial charge in [-0.15, -0.1) is 0 Å². The van der Waals surface area contributed by atoms with Gasteiger partial charge in [0.15, 0.2) is 17.5 Å². The molecule has 0 aliphatic heterocycles. The van der Waals surface area contributed by atoms with Gasteiger partial charge in [-0.2, -0.15) is 0 Å². The first-order valence-corrected chi connectivity index (χ1v) is 9.93. The van der Waals surface area contributed by atoms with Crippen LogP contribution in [0.15, 0.2) is 47.6 Å². The Kier molecular flexibility index (Phi) is 7.00. The highest BCUT2D eigenvalue weighted by Gasteiger charge is 2.08. The number of guanidine groups is 1. The van der Waals surface area contributed by atoms with Gasteiger partial charge in [0.05, 0.1) is 14.2 Å². The molecule has 0 amide bonds. The summed E-state index contributed by atoms with van der Waals surface area (Å²) in [4.78, 5) is 7.75. The van der Waals surface area contributed by atoms with Crippen molar-refractivity contribution in [1.82, 2.24) is 15.6 Å². The van der Waals surface area contributed by atoms with Crippen LogP contribution in [0.3, 0.4) is 0 Å². The first-order valence-electron chi connectivity index (χ1n) is 9.93. The van der Waals surface area contributed by atoms with Crippen LogP contribution in [0, 0.1) is 0 Å². The lowest BCUT2D eigenvalue weighted by Crippen LogP contribution is -2.37. The molecule has 6 nitrogen and oxygen atoms in total. The van der Waals surface area contributed by atoms with Crippen LogP contribution in [-0.2, 0) is 19.4 Å². The lowest BCUT2D eigenvalue weighted by Gasteiger charge is -2.13. The monoisotopic (exact) mass is 394 g/mol. The number of H-pyrrole nitrogens is 1. The van der Waals surface area contributed by atoms with Gasteiger partial charge in [-0.3, -0.25) is 4.99 Å². The number of hydrogen-bond acceptors (Lipinski definition) is 3. The maximum atomic E-state index is 5.37. The molecular weight excluding hydrogens is 364 g/mol. The molecule has 6 heteroatoms. The molecule has 1 aromatic heterocycles. The van der Waals surface area contributed by atoms with Gasteiger partial charge in [-0.1, -0.05) is 31.2 Å². The second kappa shape index (κ2) is 9.87. The molecule has 3 rings (SSSR count). The molecule has 0 spiro atoms. The van der Waals surface area contributed by atoms with Crippen molar-refractivity contribution in [2.24, 2.45) is 4.99 Å². The number of methoxy groups -OCH3 is 2. The quantitative estimate of drug-likeness (QED) is 0.403. The molecule has 0 saturated heterocycles. The smallest absolute Gasteiger partial charge is 0.191 e. The third-order valence-electron chi connectivity index (χ3n) is 5.09. The first-order chi connectivity index (χ1) is 14.2. The number of hydrogen-bond donors (Lipinski definition) is 3. The molecule has 0 radical (unpaired) electrons. The lowest BCUT2D eigenvalue weighted by atomic mass is 10.1. The van der Waals surface area contributed by atoms with Crippen molar-refractivity contribution < 1.29 is 9.47 Å². The van der Waals surface area contributed by atoms with Crippen molar-refractivity contribution in [3.63, 3.8) is 0 Å². The molecule has 1 heterocycles. The number of nitrogens with zero attached hydrogens (tertiary/aromatic N) is 1. The number of rotatable bonds is 8. The summed E-state index contributed by atoms with van der Waals surface area (Å²) in [6, 6.07) is 12.4. The molecule has 3 N–H and O–H groups in total. The van der Waals surface area contributed by atoms with Crippen molar-refractivity contribution in [3.05, 3.63) is 59.3 Å². The number of aryl methyl sites for hydroxylation is 1. The third kappa shape index (κ3) is 4.83. The molecule has 154 valence electrons. The summed E-state index contributed by atoms with van der Waals surface area (Å²) < 4.78 is 10.7. The Labute approximate surface area is 172 Å². The van der Waals surface area contributed by atoms with Gasteiger partial charge < -0.3 is 25.1 Å². The minimum atomic E-state index is 0.646. The van der Waals surface area contributed by atoms with E-state index in [1.807, 2.05) is 18.2 Å². The molecule has 3 aromatic rings. The largest absolute Gasteiger partial charge is 0.493 e. The summed E-state index contributed by atoms with van der Waals surface area (Å²) in [6.45, 7) is 3.63. The topological polar surface area (TPSA) is 70.7 Å². The summed E-state index contributed by atoms with van der Waals surface area (Å²) in [5.41, 5.74) is 5.02. The number of ether oxygens (including phenoxy) is 2. The third-order valence-corrected chi connectivity index (χ3v) is 5.09. The van der Waals surface area contributed by atoms with E-state index in [4.69, 9.17) is 9.47 Å². The zero-order valence-electron chi connectivity index (χ0n) is 17.6. The minimum Gasteiger partial charge on any atom is -0.493 e. The number of benzene rings is 2. The van der Waals surface area contributed by atoms with Crippen LogP contribution in [0.2, 0.25) is 0 Å². The summed E-state index contributed by atoms with van der Waals surface area (Å²) in [7, 11) is 5.06. The summed E-state index contributed by atoms with van der Waals surface area (Å²) >= 11 is 0. The molecule has 29 heavy (non-hydrogen) atoms. The normalized spacial score (nSPS) is 11.5. The number of aromatic amines is 1. The van der Waals surface area contributed by atoms with Crippen molar-refractivity contribution in [2.75, 3.05) is 27.8 Å². The van der Waals surface area contributed by atoms with Gasteiger partial charge in [0.1, 0.15) is 0 Å². The fourth-order valence-corrected chi connectivity index (χ4v) is 3.49. The average molecular weight is 395 g/mol. The number of fused-ring (bicyclic) bond motifs is 1. The lowest BCUT2D eigenvalue weighted by molar-refractivity contribution is 0.354. The molecule has 0 aliphatic rings. The summed E-state index contributed by atoms with van der Waals surface area (Å²) in [5.74, 6) is 2.22. The zero-order chi connectivity index (χ0) is 20.6. The molecule has 0 aliphatic carbocycles. The molecule has 2 aromatic carbocycles. The van der Waals surface area contributed by atoms with Crippen molar-refractivity contribution >= 4 is 16.9 Å². The van der Waals surface area contributed by atoms with Crippen LogP contribution in [0.25, 0.3) is 10.9 Å². The number of nitrogens with one attached hydrogen (secondary N) is 3. The zero-order valence-corrected chi connectivity index (χ0v) is 17.6. The predicted octanol–water partition coefficient (Wildman–Crippen LogP) is 3.66. The Bertz CT molecular complexity index is 978. The van der Waals surface area contributed by atoms with Crippen LogP contribution in [-0.4, -0.2) is 38.8 Å². The highest BCUT2D eigenvalue weighted by Crippen LogP contribution is 2.27. The van der Waals surface area contributed by atoms with Gasteiger partial charge in [-0.25, -0.2) is 0 Å². The minimum absolute atomic E-state index is 0.646. The predicted molar refractivity (Wildman–Crippen MR) is 119 cm³/mol. The Hall–Kier alpha value is -3.15. The van der Waals surface area contributed by atoms with Gasteiger partial charge in [0.25, 0.3) is 0 Å². The van der Waals surface area contributed by atoms with Gasteiger partial charge in [0, 0.05) is 37.2 Å². The fraction of sp³-hybridized carbons (Fsp3) is 0.348. The van der Waals surface area contributed by atoms with Crippen LogP contribution >= 0.6 is 0 Å². The van der Waals surface area contributed by atoms with Gasteiger partial charge >= 0.3 is 0 Å². The SMILES string of the molecule is CCc1cccc2c(CCNC(=NC)NCc3ccc(OC)c(OC)c3)c[nH]c12. The van der Waals surface area contributed by atoms with E-state index in [-0.39, 0.29) is 0 Å². The molecule has 0 fully saturated rings. The second-order valence-corrected chi connectivity index (χ2v) is 6.80. The van der Waals surface area contributed by atoms with Crippen LogP contribution in [0.1, 0.15) is 23.6 Å². The van der Waals surface area contributed by atoms with E-state index in [9.17, 15) is 0 Å². The van der Waals surface area contributed by atoms with Gasteiger partial charge in [-0.05, 0) is 41.7 Å². The van der Waals surface area contributed by atoms with Crippen LogP contribution in [0.5, 0.6) is 11.5 Å². The van der Waals surface area contributed by atoms with E-state index in [0.717, 1.165) is 42.4 Å². The van der Waals surface area contributed by atoms with Gasteiger partial charge in [0.2, 0.25) is 0 Å². The molecule has 0 bridgehead atoms. The van der Waals surface area contributed by atoms with E-state index in [1.165, 1.54) is 22.0 Å². The summed E-state index contributed by atoms with van der Waals surface area (Å²) in [6.07, 6.45) is 4.07. The van der Waals surface area contributed by atoms with Crippen molar-refractivity contribution in [1.29, 1.82) is 0 Å². The van der Waals surface area contributed by atoms with E-state index in [0.29, 0.717) is 6.54 Å². The maximum absolute atomic E-state index is 5.37. The van der Waals surface area contributed by atoms with Crippen molar-refractivity contribution in [3.8, 4) is 11.5 Å². The number of aromatic nitrogens is 1. The number of aliphatic imine (C=N–C) groups is 1. The Morgan fingerprint density at radius 2 is 1.86 bits per heavy atom. The fourth-order valence-electron chi connectivity index (χ4n) is 3.49. The Morgan fingerprint density at radius 1 is 1.03 bits per heavy atom. The first kappa shape index (κ1) is 20.6. The summed E-state index contributed by atoms with van der Waals surface area (Å²) in [5, 5.41) is 8.04. The molecule has 0 unspecified atom stereocenters. The highest BCUT2D eigenvalue weighted by atomic mass is 16.5. The highest BCUT2D eigenvalue weighted by molar-refractivity contribution is 5.86. The van der Waals surface area contributed by atoms with Crippen LogP contribution < -0.4 is 20.1 Å². The Morgan fingerprint density at radius 3 is 2.59 bits per heavy atom. The number of para-hydroxylation sites is 1. The van der Waals surface area contributed by atoms with E-state index in [1.54, 1.807) is 21.3 Å². The molecule has 0 atom stereocenters. The average Bonchev–Trinajstić information content (AvgIpc) is 3.19. The van der Waals surface area contributed by atoms with Crippen LogP contribution in [0.4, 0.5) is 0 Å². The van der Waals surface area contributed by atoms with Crippen molar-refractivity contribution in [2.45, 2.75) is 26.3 Å². The Balaban J connectivity index is 1.55.